The largest absolute Gasteiger partial charge is 0.426 e. The number of benzene rings is 1. The van der Waals surface area contributed by atoms with Gasteiger partial charge in [0, 0.05) is 6.42 Å². The van der Waals surface area contributed by atoms with Crippen molar-refractivity contribution in [1.29, 1.82) is 0 Å². The Labute approximate surface area is 121 Å². The molecule has 0 aliphatic carbocycles. The zero-order valence-electron chi connectivity index (χ0n) is 11.6. The lowest BCUT2D eigenvalue weighted by atomic mass is 9.93. The maximum atomic E-state index is 12.8. The molecule has 0 radical (unpaired) electrons. The van der Waals surface area contributed by atoms with Crippen LogP contribution in [-0.2, 0) is 11.0 Å². The molecule has 1 heterocycles. The van der Waals surface area contributed by atoms with Crippen molar-refractivity contribution in [3.8, 4) is 5.75 Å². The molecule has 0 atom stereocenters. The van der Waals surface area contributed by atoms with Crippen molar-refractivity contribution < 1.29 is 22.7 Å². The number of piperidine rings is 1. The summed E-state index contributed by atoms with van der Waals surface area (Å²) in [7, 11) is 0. The van der Waals surface area contributed by atoms with Gasteiger partial charge in [0.2, 0.25) is 0 Å². The topological polar surface area (TPSA) is 38.3 Å². The molecule has 2 rings (SSSR count). The molecule has 3 nitrogen and oxygen atoms in total. The molecule has 116 valence electrons. The van der Waals surface area contributed by atoms with E-state index < -0.39 is 23.5 Å². The maximum absolute atomic E-state index is 12.8. The number of hydrogen-bond acceptors (Lipinski definition) is 3. The summed E-state index contributed by atoms with van der Waals surface area (Å²) in [5.74, 6) is -0.581. The number of alkyl halides is 3. The van der Waals surface area contributed by atoms with E-state index in [1.54, 1.807) is 0 Å². The van der Waals surface area contributed by atoms with Crippen LogP contribution in [0.25, 0.3) is 0 Å². The summed E-state index contributed by atoms with van der Waals surface area (Å²) in [6.07, 6.45) is -1.73. The highest BCUT2D eigenvalue weighted by Gasteiger charge is 2.34. The van der Waals surface area contributed by atoms with E-state index >= 15 is 0 Å². The summed E-state index contributed by atoms with van der Waals surface area (Å²) in [5, 5.41) is 3.23. The van der Waals surface area contributed by atoms with Crippen LogP contribution in [0.1, 0.15) is 31.2 Å². The number of rotatable bonds is 4. The molecule has 0 saturated carbocycles. The van der Waals surface area contributed by atoms with Gasteiger partial charge in [0.25, 0.3) is 0 Å². The second-order valence-corrected chi connectivity index (χ2v) is 5.20. The highest BCUT2D eigenvalue weighted by Crippen LogP contribution is 2.36. The third kappa shape index (κ3) is 4.74. The van der Waals surface area contributed by atoms with Gasteiger partial charge in [0.05, 0.1) is 5.56 Å². The van der Waals surface area contributed by atoms with Crippen LogP contribution in [0.15, 0.2) is 24.3 Å². The van der Waals surface area contributed by atoms with Crippen LogP contribution in [0.3, 0.4) is 0 Å². The summed E-state index contributed by atoms with van der Waals surface area (Å²) >= 11 is 0. The molecule has 1 aromatic rings. The summed E-state index contributed by atoms with van der Waals surface area (Å²) in [5.41, 5.74) is -0.916. The van der Waals surface area contributed by atoms with Crippen molar-refractivity contribution in [2.45, 2.75) is 31.9 Å². The predicted molar refractivity (Wildman–Crippen MR) is 71.9 cm³/mol. The van der Waals surface area contributed by atoms with E-state index in [4.69, 9.17) is 4.74 Å². The fraction of sp³-hybridized carbons (Fsp3) is 0.533. The van der Waals surface area contributed by atoms with Crippen molar-refractivity contribution in [2.75, 3.05) is 13.1 Å². The Balaban J connectivity index is 1.90. The quantitative estimate of drug-likeness (QED) is 0.684. The van der Waals surface area contributed by atoms with Gasteiger partial charge in [-0.2, -0.15) is 13.2 Å². The minimum Gasteiger partial charge on any atom is -0.426 e. The Bertz CT molecular complexity index is 482. The monoisotopic (exact) mass is 301 g/mol. The van der Waals surface area contributed by atoms with Crippen molar-refractivity contribution in [3.05, 3.63) is 29.8 Å². The zero-order chi connectivity index (χ0) is 15.3. The molecule has 0 spiro atoms. The fourth-order valence-electron chi connectivity index (χ4n) is 2.46. The van der Waals surface area contributed by atoms with Gasteiger partial charge >= 0.3 is 12.1 Å². The molecule has 21 heavy (non-hydrogen) atoms. The zero-order valence-corrected chi connectivity index (χ0v) is 11.6. The SMILES string of the molecule is O=C(CCC1CCNCC1)Oc1ccccc1C(F)(F)F. The lowest BCUT2D eigenvalue weighted by Gasteiger charge is -2.22. The second-order valence-electron chi connectivity index (χ2n) is 5.20. The molecule has 1 fully saturated rings. The molecule has 1 saturated heterocycles. The number of nitrogens with one attached hydrogen (secondary N) is 1. The Kier molecular flexibility index (Phi) is 5.22. The van der Waals surface area contributed by atoms with Crippen molar-refractivity contribution in [3.63, 3.8) is 0 Å². The average molecular weight is 301 g/mol. The molecule has 0 aromatic heterocycles. The van der Waals surface area contributed by atoms with E-state index in [-0.39, 0.29) is 6.42 Å². The molecule has 0 bridgehead atoms. The third-order valence-corrected chi connectivity index (χ3v) is 3.63. The van der Waals surface area contributed by atoms with Crippen LogP contribution in [0, 0.1) is 5.92 Å². The van der Waals surface area contributed by atoms with E-state index in [9.17, 15) is 18.0 Å². The summed E-state index contributed by atoms with van der Waals surface area (Å²) < 4.78 is 43.2. The van der Waals surface area contributed by atoms with E-state index in [1.165, 1.54) is 18.2 Å². The summed E-state index contributed by atoms with van der Waals surface area (Å²) in [6.45, 7) is 1.85. The number of hydrogen-bond donors (Lipinski definition) is 1. The van der Waals surface area contributed by atoms with Crippen LogP contribution in [0.5, 0.6) is 5.75 Å². The number of carbonyl (C=O) groups excluding carboxylic acids is 1. The molecule has 1 aliphatic heterocycles. The van der Waals surface area contributed by atoms with Gasteiger partial charge in [-0.15, -0.1) is 0 Å². The van der Waals surface area contributed by atoms with Crippen LogP contribution < -0.4 is 10.1 Å². The Morgan fingerprint density at radius 2 is 1.90 bits per heavy atom. The molecule has 1 N–H and O–H groups in total. The van der Waals surface area contributed by atoms with E-state index in [0.717, 1.165) is 32.0 Å². The van der Waals surface area contributed by atoms with Gasteiger partial charge in [0.1, 0.15) is 5.75 Å². The maximum Gasteiger partial charge on any atom is 0.419 e. The highest BCUT2D eigenvalue weighted by molar-refractivity contribution is 5.72. The first-order valence-electron chi connectivity index (χ1n) is 7.04. The molecule has 1 aliphatic rings. The van der Waals surface area contributed by atoms with Gasteiger partial charge in [-0.05, 0) is 50.4 Å². The van der Waals surface area contributed by atoms with E-state index in [0.29, 0.717) is 12.3 Å². The molecule has 1 aromatic carbocycles. The standard InChI is InChI=1S/C15H18F3NO2/c16-15(17,18)12-3-1-2-4-13(12)21-14(20)6-5-11-7-9-19-10-8-11/h1-4,11,19H,5-10H2. The first kappa shape index (κ1) is 15.8. The predicted octanol–water partition coefficient (Wildman–Crippen LogP) is 3.39. The van der Waals surface area contributed by atoms with E-state index in [1.807, 2.05) is 0 Å². The third-order valence-electron chi connectivity index (χ3n) is 3.63. The highest BCUT2D eigenvalue weighted by atomic mass is 19.4. The number of carbonyl (C=O) groups is 1. The van der Waals surface area contributed by atoms with E-state index in [2.05, 4.69) is 5.32 Å². The van der Waals surface area contributed by atoms with Gasteiger partial charge in [-0.25, -0.2) is 0 Å². The number of halogens is 3. The van der Waals surface area contributed by atoms with Crippen molar-refractivity contribution in [2.24, 2.45) is 5.92 Å². The van der Waals surface area contributed by atoms with Crippen molar-refractivity contribution >= 4 is 5.97 Å². The lowest BCUT2D eigenvalue weighted by Crippen LogP contribution is -2.28. The van der Waals surface area contributed by atoms with Crippen LogP contribution in [-0.4, -0.2) is 19.1 Å². The number of ether oxygens (including phenoxy) is 1. The summed E-state index contributed by atoms with van der Waals surface area (Å²) in [4.78, 5) is 11.7. The number of esters is 1. The summed E-state index contributed by atoms with van der Waals surface area (Å²) in [6, 6.07) is 4.78. The van der Waals surface area contributed by atoms with Gasteiger partial charge in [-0.3, -0.25) is 4.79 Å². The lowest BCUT2D eigenvalue weighted by molar-refractivity contribution is -0.142. The van der Waals surface area contributed by atoms with Gasteiger partial charge in [-0.1, -0.05) is 12.1 Å². The van der Waals surface area contributed by atoms with Crippen LogP contribution in [0.2, 0.25) is 0 Å². The Hall–Kier alpha value is -1.56. The molecular weight excluding hydrogens is 283 g/mol. The minimum atomic E-state index is -4.52. The van der Waals surface area contributed by atoms with Gasteiger partial charge < -0.3 is 10.1 Å². The smallest absolute Gasteiger partial charge is 0.419 e. The first-order valence-corrected chi connectivity index (χ1v) is 7.04. The molecule has 0 amide bonds. The molecular formula is C15H18F3NO2. The first-order chi connectivity index (χ1) is 9.97. The normalized spacial score (nSPS) is 16.7. The fourth-order valence-corrected chi connectivity index (χ4v) is 2.46. The van der Waals surface area contributed by atoms with Crippen molar-refractivity contribution in [1.82, 2.24) is 5.32 Å². The van der Waals surface area contributed by atoms with Crippen LogP contribution in [0.4, 0.5) is 13.2 Å². The number of para-hydroxylation sites is 1. The molecule has 0 unspecified atom stereocenters. The van der Waals surface area contributed by atoms with Gasteiger partial charge in [0.15, 0.2) is 0 Å². The average Bonchev–Trinajstić information content (AvgIpc) is 2.46. The Morgan fingerprint density at radius 1 is 1.24 bits per heavy atom. The molecule has 6 heteroatoms. The second kappa shape index (κ2) is 6.93. The van der Waals surface area contributed by atoms with Crippen LogP contribution >= 0.6 is 0 Å². The minimum absolute atomic E-state index is 0.150. The Morgan fingerprint density at radius 3 is 2.57 bits per heavy atom.